The third kappa shape index (κ3) is 28.7. The number of ether oxygens (including phenoxy) is 2. The molecule has 1 fully saturated rings. The monoisotopic (exact) mass is 472 g/mol. The van der Waals surface area contributed by atoms with Crippen molar-refractivity contribution in [2.45, 2.75) is 71.3 Å². The molecular formula is C23H40N2O8. The molecule has 5 N–H and O–H groups in total. The molecule has 10 heteroatoms. The van der Waals surface area contributed by atoms with Gasteiger partial charge in [-0.05, 0) is 31.2 Å². The Balaban J connectivity index is -0.000000394. The van der Waals surface area contributed by atoms with Gasteiger partial charge in [0.05, 0.1) is 14.2 Å². The first-order chi connectivity index (χ1) is 15.8. The number of carbonyl (C=O) groups is 4. The van der Waals surface area contributed by atoms with Crippen LogP contribution in [0.4, 0.5) is 9.59 Å². The zero-order chi connectivity index (χ0) is 25.9. The number of alkyl carbamates (subject to hydrolysis) is 1. The average molecular weight is 473 g/mol. The van der Waals surface area contributed by atoms with E-state index in [1.807, 2.05) is 44.2 Å². The van der Waals surface area contributed by atoms with Crippen LogP contribution in [0.3, 0.4) is 0 Å². The van der Waals surface area contributed by atoms with Crippen molar-refractivity contribution < 1.29 is 38.9 Å². The summed E-state index contributed by atoms with van der Waals surface area (Å²) >= 11 is 0. The topological polar surface area (TPSA) is 165 Å². The van der Waals surface area contributed by atoms with Gasteiger partial charge in [0.2, 0.25) is 0 Å². The van der Waals surface area contributed by atoms with Crippen molar-refractivity contribution in [1.82, 2.24) is 5.32 Å². The van der Waals surface area contributed by atoms with E-state index >= 15 is 0 Å². The van der Waals surface area contributed by atoms with E-state index in [1.165, 1.54) is 39.0 Å². The van der Waals surface area contributed by atoms with E-state index in [0.717, 1.165) is 25.7 Å². The summed E-state index contributed by atoms with van der Waals surface area (Å²) in [5, 5.41) is 18.1. The maximum atomic E-state index is 10.7. The van der Waals surface area contributed by atoms with Gasteiger partial charge in [0.1, 0.15) is 0 Å². The van der Waals surface area contributed by atoms with Crippen LogP contribution in [0.25, 0.3) is 0 Å². The fourth-order valence-corrected chi connectivity index (χ4v) is 2.56. The van der Waals surface area contributed by atoms with Crippen LogP contribution in [-0.4, -0.2) is 55.1 Å². The Morgan fingerprint density at radius 1 is 1.06 bits per heavy atom. The van der Waals surface area contributed by atoms with Gasteiger partial charge in [0.15, 0.2) is 0 Å². The number of carboxylic acids is 1. The van der Waals surface area contributed by atoms with Gasteiger partial charge in [-0.3, -0.25) is 9.59 Å². The smallest absolute Gasteiger partial charge is 0.407 e. The lowest BCUT2D eigenvalue weighted by Crippen LogP contribution is -2.35. The van der Waals surface area contributed by atoms with Gasteiger partial charge < -0.3 is 30.7 Å². The molecule has 1 saturated carbocycles. The van der Waals surface area contributed by atoms with Crippen LogP contribution in [0.15, 0.2) is 30.3 Å². The number of rotatable bonds is 5. The van der Waals surface area contributed by atoms with Crippen molar-refractivity contribution >= 4 is 24.6 Å². The third-order valence-corrected chi connectivity index (χ3v) is 4.01. The van der Waals surface area contributed by atoms with Crippen LogP contribution < -0.4 is 11.1 Å². The summed E-state index contributed by atoms with van der Waals surface area (Å²) in [5.41, 5.74) is 5.64. The van der Waals surface area contributed by atoms with Crippen molar-refractivity contribution in [1.29, 1.82) is 0 Å². The van der Waals surface area contributed by atoms with Crippen molar-refractivity contribution in [3.05, 3.63) is 35.9 Å². The van der Waals surface area contributed by atoms with E-state index in [0.29, 0.717) is 6.04 Å². The minimum Gasteiger partial charge on any atom is -0.483 e. The largest absolute Gasteiger partial charge is 0.483 e. The molecule has 1 aromatic rings. The number of nitrogens with one attached hydrogen (secondary N) is 1. The first-order valence-electron chi connectivity index (χ1n) is 10.8. The molecule has 0 saturated heterocycles. The number of carboxylic acid groups (broad SMARTS) is 2. The zero-order valence-corrected chi connectivity index (χ0v) is 20.1. The number of nitrogens with two attached hydrogens (primary N) is 1. The normalized spacial score (nSPS) is 11.5. The van der Waals surface area contributed by atoms with Crippen LogP contribution in [0, 0.1) is 0 Å². The summed E-state index contributed by atoms with van der Waals surface area (Å²) in [4.78, 5) is 38.7. The number of carbonyl (C=O) groups excluding carboxylic acids is 2. The fourth-order valence-electron chi connectivity index (χ4n) is 2.56. The molecule has 2 rings (SSSR count). The highest BCUT2D eigenvalue weighted by molar-refractivity contribution is 5.67. The highest BCUT2D eigenvalue weighted by Gasteiger charge is 2.15. The van der Waals surface area contributed by atoms with Crippen LogP contribution >= 0.6 is 0 Å². The third-order valence-electron chi connectivity index (χ3n) is 4.01. The van der Waals surface area contributed by atoms with E-state index in [4.69, 9.17) is 15.0 Å². The Morgan fingerprint density at radius 2 is 1.55 bits per heavy atom. The highest BCUT2D eigenvalue weighted by atomic mass is 16.5. The summed E-state index contributed by atoms with van der Waals surface area (Å²) < 4.78 is 8.39. The Morgan fingerprint density at radius 3 is 1.94 bits per heavy atom. The summed E-state index contributed by atoms with van der Waals surface area (Å²) in [6, 6.07) is 10.3. The van der Waals surface area contributed by atoms with Crippen molar-refractivity contribution in [3.63, 3.8) is 0 Å². The molecule has 1 aliphatic rings. The van der Waals surface area contributed by atoms with Gasteiger partial charge in [0.25, 0.3) is 6.47 Å². The molecule has 0 heterocycles. The Labute approximate surface area is 196 Å². The number of hydrogen-bond acceptors (Lipinski definition) is 6. The maximum Gasteiger partial charge on any atom is 0.407 e. The predicted octanol–water partition coefficient (Wildman–Crippen LogP) is 4.21. The second-order valence-electron chi connectivity index (χ2n) is 6.33. The lowest BCUT2D eigenvalue weighted by molar-refractivity contribution is -0.137. The number of aliphatic carboxylic acids is 1. The molecule has 0 atom stereocenters. The van der Waals surface area contributed by atoms with Gasteiger partial charge >= 0.3 is 18.2 Å². The molecule has 190 valence electrons. The van der Waals surface area contributed by atoms with Gasteiger partial charge in [0, 0.05) is 12.5 Å². The number of benzene rings is 1. The van der Waals surface area contributed by atoms with E-state index in [9.17, 15) is 14.4 Å². The highest BCUT2D eigenvalue weighted by Crippen LogP contribution is 2.17. The molecule has 0 unspecified atom stereocenters. The number of hydrogen-bond donors (Lipinski definition) is 4. The summed E-state index contributed by atoms with van der Waals surface area (Å²) in [5.74, 6) is -0.717. The number of methoxy groups -OCH3 is 2. The average Bonchev–Trinajstić information content (AvgIpc) is 2.83. The molecule has 0 aromatic heterocycles. The van der Waals surface area contributed by atoms with Gasteiger partial charge in [-0.1, -0.05) is 63.4 Å². The van der Waals surface area contributed by atoms with E-state index in [-0.39, 0.29) is 19.0 Å². The molecular weight excluding hydrogens is 432 g/mol. The molecule has 0 bridgehead atoms. The Hall–Kier alpha value is -3.30. The second-order valence-corrected chi connectivity index (χ2v) is 6.33. The predicted molar refractivity (Wildman–Crippen MR) is 126 cm³/mol. The maximum absolute atomic E-state index is 10.7. The fraction of sp³-hybridized carbons (Fsp3) is 0.565. The number of primary amides is 1. The van der Waals surface area contributed by atoms with Crippen molar-refractivity contribution in [2.24, 2.45) is 5.73 Å². The molecule has 33 heavy (non-hydrogen) atoms. The quantitative estimate of drug-likeness (QED) is 0.463. The lowest BCUT2D eigenvalue weighted by Gasteiger charge is -2.21. The standard InChI is InChI=1S/C10H12O2.C8H15NO2.C2H5NO2.C2H6.CH2O2/c11-10(12)8-4-7-9-5-2-1-3-6-9;1-11-8(10)9-7-5-3-2-4-6-7;1-5-2(3)4;1-2;2-1-3/h1-3,5-6H,4,7-8H2,(H,11,12);7H,2-6H2,1H3,(H,9,10);1H3,(H2,3,4);1-2H3;1H,(H,2,3). The van der Waals surface area contributed by atoms with Crippen LogP contribution in [0.1, 0.15) is 64.4 Å². The number of amides is 2. The molecule has 1 aromatic carbocycles. The van der Waals surface area contributed by atoms with Crippen LogP contribution in [0.5, 0.6) is 0 Å². The Kier molecular flexibility index (Phi) is 27.8. The molecule has 1 aliphatic carbocycles. The van der Waals surface area contributed by atoms with Gasteiger partial charge in [-0.15, -0.1) is 0 Å². The molecule has 0 radical (unpaired) electrons. The minimum atomic E-state index is -0.745. The van der Waals surface area contributed by atoms with E-state index in [1.54, 1.807) is 0 Å². The van der Waals surface area contributed by atoms with Gasteiger partial charge in [-0.25, -0.2) is 9.59 Å². The van der Waals surface area contributed by atoms with E-state index in [2.05, 4.69) is 20.5 Å². The van der Waals surface area contributed by atoms with Crippen LogP contribution in [-0.2, 0) is 25.5 Å². The van der Waals surface area contributed by atoms with Crippen molar-refractivity contribution in [3.8, 4) is 0 Å². The first-order valence-corrected chi connectivity index (χ1v) is 10.8. The summed E-state index contributed by atoms with van der Waals surface area (Å²) in [6.07, 6.45) is 6.77. The molecule has 10 nitrogen and oxygen atoms in total. The molecule has 0 aliphatic heterocycles. The summed E-state index contributed by atoms with van der Waals surface area (Å²) in [6.45, 7) is 3.75. The SMILES string of the molecule is CC.COC(=O)NC1CCCCC1.COC(N)=O.O=C(O)CCCc1ccccc1.O=CO. The minimum absolute atomic E-state index is 0.250. The zero-order valence-electron chi connectivity index (χ0n) is 20.1. The summed E-state index contributed by atoms with van der Waals surface area (Å²) in [7, 11) is 2.63. The van der Waals surface area contributed by atoms with Crippen LogP contribution in [0.2, 0.25) is 0 Å². The van der Waals surface area contributed by atoms with E-state index < -0.39 is 12.1 Å². The molecule has 2 amide bonds. The second kappa shape index (κ2) is 26.7. The van der Waals surface area contributed by atoms with Gasteiger partial charge in [-0.2, -0.15) is 0 Å². The van der Waals surface area contributed by atoms with Crippen molar-refractivity contribution in [2.75, 3.05) is 14.2 Å². The Bertz CT molecular complexity index is 606. The first kappa shape index (κ1) is 34.3. The number of aryl methyl sites for hydroxylation is 1. The lowest BCUT2D eigenvalue weighted by atomic mass is 9.96. The molecule has 0 spiro atoms.